The number of nitrogens with one attached hydrogen (secondary N) is 1. The van der Waals surface area contributed by atoms with Crippen LogP contribution in [-0.4, -0.2) is 28.1 Å². The van der Waals surface area contributed by atoms with Crippen LogP contribution < -0.4 is 11.1 Å². The van der Waals surface area contributed by atoms with Gasteiger partial charge in [-0.05, 0) is 0 Å². The summed E-state index contributed by atoms with van der Waals surface area (Å²) in [5.74, 6) is 0. The van der Waals surface area contributed by atoms with Crippen molar-refractivity contribution in [3.8, 4) is 0 Å². The fourth-order valence-corrected chi connectivity index (χ4v) is 0.714. The first-order valence-electron chi connectivity index (χ1n) is 3.45. The highest BCUT2D eigenvalue weighted by Crippen LogP contribution is 1.71. The van der Waals surface area contributed by atoms with E-state index in [2.05, 4.69) is 15.1 Å². The van der Waals surface area contributed by atoms with Gasteiger partial charge in [0.25, 0.3) is 0 Å². The topological polar surface area (TPSA) is 89.3 Å². The van der Waals surface area contributed by atoms with Gasteiger partial charge in [-0.25, -0.2) is 5.10 Å². The van der Waals surface area contributed by atoms with E-state index in [-0.39, 0.29) is 6.54 Å². The zero-order chi connectivity index (χ0) is 9.68. The van der Waals surface area contributed by atoms with E-state index < -0.39 is 11.1 Å². The zero-order valence-electron chi connectivity index (χ0n) is 6.93. The molecule has 0 aliphatic heterocycles. The monoisotopic (exact) mass is 184 g/mol. The molecule has 0 atom stereocenters. The van der Waals surface area contributed by atoms with Crippen LogP contribution in [0.15, 0.2) is 21.1 Å². The molecule has 1 aromatic heterocycles. The number of hydrogen-bond donors (Lipinski definition) is 1. The normalized spacial score (nSPS) is 10.5. The summed E-state index contributed by atoms with van der Waals surface area (Å²) in [6.07, 6.45) is 2.56. The van der Waals surface area contributed by atoms with Crippen LogP contribution in [0.5, 0.6) is 0 Å². The molecule has 0 radical (unpaired) electrons. The highest BCUT2D eigenvalue weighted by Gasteiger charge is 1.97. The number of oxime groups is 1. The van der Waals surface area contributed by atoms with Crippen molar-refractivity contribution in [3.05, 3.63) is 27.0 Å². The second kappa shape index (κ2) is 4.19. The number of hydrogen-bond acceptors (Lipinski definition) is 5. The van der Waals surface area contributed by atoms with Gasteiger partial charge in [-0.15, -0.1) is 0 Å². The lowest BCUT2D eigenvalue weighted by molar-refractivity contribution is 0.214. The Morgan fingerprint density at radius 1 is 1.77 bits per heavy atom. The summed E-state index contributed by atoms with van der Waals surface area (Å²) in [4.78, 5) is 26.2. The lowest BCUT2D eigenvalue weighted by Gasteiger charge is -1.96. The van der Waals surface area contributed by atoms with E-state index >= 15 is 0 Å². The molecule has 1 N–H and O–H groups in total. The van der Waals surface area contributed by atoms with Gasteiger partial charge in [0.15, 0.2) is 0 Å². The Hall–Kier alpha value is -1.92. The summed E-state index contributed by atoms with van der Waals surface area (Å²) in [6.45, 7) is 0.156. The molecule has 0 aliphatic rings. The first-order chi connectivity index (χ1) is 6.25. The van der Waals surface area contributed by atoms with E-state index in [0.29, 0.717) is 0 Å². The standard InChI is InChI=1S/C6H8N4O3/c1-13-8-2-3-10-4-7-9-5(11)6(10)12/h2,4H,3H2,1H3,(H,9,11)/b8-2+. The molecule has 1 rings (SSSR count). The molecule has 0 aromatic carbocycles. The van der Waals surface area contributed by atoms with Crippen LogP contribution in [0.1, 0.15) is 0 Å². The SMILES string of the molecule is CO/N=C/Cn1cn[nH]c(=O)c1=O. The van der Waals surface area contributed by atoms with Gasteiger partial charge < -0.3 is 4.84 Å². The molecule has 0 fully saturated rings. The maximum Gasteiger partial charge on any atom is 0.330 e. The van der Waals surface area contributed by atoms with Gasteiger partial charge in [-0.1, -0.05) is 5.16 Å². The molecule has 1 aromatic rings. The van der Waals surface area contributed by atoms with E-state index in [0.717, 1.165) is 4.57 Å². The predicted molar refractivity (Wildman–Crippen MR) is 44.6 cm³/mol. The quantitative estimate of drug-likeness (QED) is 0.354. The van der Waals surface area contributed by atoms with Crippen LogP contribution in [0.3, 0.4) is 0 Å². The Morgan fingerprint density at radius 2 is 2.54 bits per heavy atom. The van der Waals surface area contributed by atoms with Crippen LogP contribution in [0.25, 0.3) is 0 Å². The summed E-state index contributed by atoms with van der Waals surface area (Å²) in [5, 5.41) is 8.88. The highest BCUT2D eigenvalue weighted by atomic mass is 16.6. The number of nitrogens with zero attached hydrogens (tertiary/aromatic N) is 3. The van der Waals surface area contributed by atoms with Gasteiger partial charge >= 0.3 is 11.1 Å². The van der Waals surface area contributed by atoms with E-state index in [1.54, 1.807) is 0 Å². The molecule has 7 heteroatoms. The third-order valence-electron chi connectivity index (χ3n) is 1.28. The predicted octanol–water partition coefficient (Wildman–Crippen LogP) is -1.44. The second-order valence-corrected chi connectivity index (χ2v) is 2.11. The van der Waals surface area contributed by atoms with Crippen molar-refractivity contribution in [1.29, 1.82) is 0 Å². The number of aromatic amines is 1. The molecule has 0 saturated heterocycles. The van der Waals surface area contributed by atoms with Crippen molar-refractivity contribution < 1.29 is 4.84 Å². The fourth-order valence-electron chi connectivity index (χ4n) is 0.714. The van der Waals surface area contributed by atoms with Crippen molar-refractivity contribution in [2.45, 2.75) is 6.54 Å². The smallest absolute Gasteiger partial charge is 0.330 e. The summed E-state index contributed by atoms with van der Waals surface area (Å²) in [5.41, 5.74) is -1.43. The molecule has 0 bridgehead atoms. The minimum atomic E-state index is -0.756. The van der Waals surface area contributed by atoms with Gasteiger partial charge in [-0.3, -0.25) is 14.2 Å². The molecule has 0 aliphatic carbocycles. The fraction of sp³-hybridized carbons (Fsp3) is 0.333. The van der Waals surface area contributed by atoms with Crippen LogP contribution >= 0.6 is 0 Å². The average Bonchev–Trinajstić information content (AvgIpc) is 2.13. The molecule has 0 saturated carbocycles. The van der Waals surface area contributed by atoms with Crippen LogP contribution in [0.4, 0.5) is 0 Å². The highest BCUT2D eigenvalue weighted by molar-refractivity contribution is 5.55. The van der Waals surface area contributed by atoms with Crippen molar-refractivity contribution in [2.24, 2.45) is 5.16 Å². The number of H-pyrrole nitrogens is 1. The van der Waals surface area contributed by atoms with E-state index in [1.807, 2.05) is 5.10 Å². The molecule has 0 unspecified atom stereocenters. The third-order valence-corrected chi connectivity index (χ3v) is 1.28. The van der Waals surface area contributed by atoms with E-state index in [4.69, 9.17) is 0 Å². The largest absolute Gasteiger partial charge is 0.399 e. The summed E-state index contributed by atoms with van der Waals surface area (Å²) >= 11 is 0. The molecular formula is C6H8N4O3. The molecular weight excluding hydrogens is 176 g/mol. The van der Waals surface area contributed by atoms with Crippen molar-refractivity contribution in [2.75, 3.05) is 7.11 Å². The van der Waals surface area contributed by atoms with Gasteiger partial charge in [-0.2, -0.15) is 5.10 Å². The van der Waals surface area contributed by atoms with Crippen LogP contribution in [0.2, 0.25) is 0 Å². The lowest BCUT2D eigenvalue weighted by Crippen LogP contribution is -2.36. The minimum Gasteiger partial charge on any atom is -0.399 e. The minimum absolute atomic E-state index is 0.156. The summed E-state index contributed by atoms with van der Waals surface area (Å²) < 4.78 is 1.11. The van der Waals surface area contributed by atoms with Crippen molar-refractivity contribution in [3.63, 3.8) is 0 Å². The Kier molecular flexibility index (Phi) is 2.96. The Morgan fingerprint density at radius 3 is 3.23 bits per heavy atom. The molecule has 7 nitrogen and oxygen atoms in total. The van der Waals surface area contributed by atoms with Gasteiger partial charge in [0.2, 0.25) is 0 Å². The number of aromatic nitrogens is 3. The molecule has 1 heterocycles. The number of rotatable bonds is 3. The van der Waals surface area contributed by atoms with Crippen LogP contribution in [-0.2, 0) is 11.4 Å². The lowest BCUT2D eigenvalue weighted by atomic mass is 10.6. The van der Waals surface area contributed by atoms with Crippen LogP contribution in [0, 0.1) is 0 Å². The summed E-state index contributed by atoms with van der Waals surface area (Å²) in [7, 11) is 1.38. The van der Waals surface area contributed by atoms with E-state index in [1.165, 1.54) is 19.7 Å². The molecule has 13 heavy (non-hydrogen) atoms. The maximum atomic E-state index is 11.0. The van der Waals surface area contributed by atoms with Gasteiger partial charge in [0.1, 0.15) is 13.4 Å². The van der Waals surface area contributed by atoms with E-state index in [9.17, 15) is 9.59 Å². The van der Waals surface area contributed by atoms with Crippen molar-refractivity contribution in [1.82, 2.24) is 14.8 Å². The third kappa shape index (κ3) is 2.26. The first-order valence-corrected chi connectivity index (χ1v) is 3.45. The Balaban J connectivity index is 2.90. The maximum absolute atomic E-state index is 11.0. The average molecular weight is 184 g/mol. The Bertz CT molecular complexity index is 405. The first kappa shape index (κ1) is 9.17. The van der Waals surface area contributed by atoms with Gasteiger partial charge in [0.05, 0.1) is 12.8 Å². The van der Waals surface area contributed by atoms with Crippen molar-refractivity contribution >= 4 is 6.21 Å². The second-order valence-electron chi connectivity index (χ2n) is 2.11. The summed E-state index contributed by atoms with van der Waals surface area (Å²) in [6, 6.07) is 0. The molecule has 70 valence electrons. The van der Waals surface area contributed by atoms with Gasteiger partial charge in [0, 0.05) is 0 Å². The zero-order valence-corrected chi connectivity index (χ0v) is 6.93. The Labute approximate surface area is 72.6 Å². The molecule has 0 amide bonds. The molecule has 0 spiro atoms.